The van der Waals surface area contributed by atoms with Gasteiger partial charge in [0.15, 0.2) is 0 Å². The fourth-order valence-corrected chi connectivity index (χ4v) is 3.13. The van der Waals surface area contributed by atoms with Crippen LogP contribution in [0.2, 0.25) is 0 Å². The number of unbranched alkanes of at least 4 members (excludes halogenated alkanes) is 5. The Morgan fingerprint density at radius 2 is 1.37 bits per heavy atom. The van der Waals surface area contributed by atoms with Crippen molar-refractivity contribution in [3.05, 3.63) is 64.9 Å². The maximum absolute atomic E-state index is 11.5. The van der Waals surface area contributed by atoms with E-state index in [1.165, 1.54) is 17.6 Å². The molecule has 0 atom stereocenters. The number of carboxylic acids is 1. The minimum atomic E-state index is -1.49. The second kappa shape index (κ2) is 14.5. The molecule has 2 aromatic carbocycles. The molecule has 0 spiro atoms. The third-order valence-corrected chi connectivity index (χ3v) is 4.63. The molecule has 8 heteroatoms. The van der Waals surface area contributed by atoms with Crippen LogP contribution in [0.4, 0.5) is 11.4 Å². The van der Waals surface area contributed by atoms with Crippen LogP contribution in [0.15, 0.2) is 48.5 Å². The monoisotopic (exact) mass is 461 g/mol. The Hall–Kier alpha value is -2.44. The minimum Gasteiger partial charge on any atom is -0.759 e. The van der Waals surface area contributed by atoms with Gasteiger partial charge in [0.25, 0.3) is 0 Å². The number of aromatic carboxylic acids is 1. The molecule has 2 rings (SSSR count). The summed E-state index contributed by atoms with van der Waals surface area (Å²) in [5.74, 6) is -2.48. The molecule has 0 radical (unpaired) electrons. The molecule has 1 amide bonds. The van der Waals surface area contributed by atoms with Crippen LogP contribution in [-0.2, 0) is 19.5 Å². The van der Waals surface area contributed by atoms with Crippen molar-refractivity contribution in [3.8, 4) is 0 Å². The number of para-hydroxylation sites is 1. The van der Waals surface area contributed by atoms with Crippen molar-refractivity contribution in [1.82, 2.24) is 5.48 Å². The minimum absolute atomic E-state index is 0. The Kier molecular flexibility index (Phi) is 12.4. The number of nitrogens with one attached hydrogen (secondary N) is 3. The summed E-state index contributed by atoms with van der Waals surface area (Å²) in [6.07, 6.45) is 6.46. The molecule has 2 aromatic rings. The van der Waals surface area contributed by atoms with E-state index < -0.39 is 11.9 Å². The summed E-state index contributed by atoms with van der Waals surface area (Å²) in [7, 11) is 0. The zero-order valence-corrected chi connectivity index (χ0v) is 20.1. The van der Waals surface area contributed by atoms with Gasteiger partial charge in [0.2, 0.25) is 5.91 Å². The van der Waals surface area contributed by atoms with Gasteiger partial charge in [-0.2, -0.15) is 0 Å². The number of carbonyl (C=O) groups is 2. The van der Waals surface area contributed by atoms with Crippen molar-refractivity contribution in [2.24, 2.45) is 0 Å². The van der Waals surface area contributed by atoms with Gasteiger partial charge in [-0.1, -0.05) is 49.9 Å². The zero-order chi connectivity index (χ0) is 20.9. The number of carboxylic acid groups (broad SMARTS) is 1. The van der Waals surface area contributed by atoms with Crippen LogP contribution in [0.3, 0.4) is 0 Å². The summed E-state index contributed by atoms with van der Waals surface area (Å²) in [6, 6.07) is 14.5. The maximum Gasteiger partial charge on any atom is 2.00 e. The number of carbonyl (C=O) groups excluding carboxylic acids is 2. The van der Waals surface area contributed by atoms with Crippen LogP contribution in [0.1, 0.15) is 59.2 Å². The van der Waals surface area contributed by atoms with E-state index in [1.54, 1.807) is 6.07 Å². The molecule has 0 saturated carbocycles. The van der Waals surface area contributed by atoms with Crippen molar-refractivity contribution < 1.29 is 34.2 Å². The molecule has 3 N–H and O–H groups in total. The number of benzene rings is 2. The maximum atomic E-state index is 11.5. The van der Waals surface area contributed by atoms with Crippen LogP contribution in [0.25, 0.3) is 0 Å². The number of hydroxylamine groups is 1. The van der Waals surface area contributed by atoms with Gasteiger partial charge >= 0.3 is 19.5 Å². The molecule has 0 aliphatic heterocycles. The Morgan fingerprint density at radius 3 is 1.97 bits per heavy atom. The van der Waals surface area contributed by atoms with E-state index in [-0.39, 0.29) is 36.3 Å². The molecule has 0 aliphatic carbocycles. The van der Waals surface area contributed by atoms with Crippen molar-refractivity contribution >= 4 is 23.3 Å². The van der Waals surface area contributed by atoms with E-state index in [1.807, 2.05) is 18.2 Å². The first-order chi connectivity index (χ1) is 14.1. The summed E-state index contributed by atoms with van der Waals surface area (Å²) < 4.78 is 0. The average molecular weight is 463 g/mol. The van der Waals surface area contributed by atoms with E-state index in [9.17, 15) is 19.9 Å². The molecule has 7 nitrogen and oxygen atoms in total. The number of amides is 1. The SMILES string of the molecule is O=C(N[O-])c1cccc(NCCCCCCCCNc2ccccc2)c1C(=O)[O-].[Zn+2]. The molecule has 0 heterocycles. The van der Waals surface area contributed by atoms with E-state index >= 15 is 0 Å². The van der Waals surface area contributed by atoms with Gasteiger partial charge in [-0.3, -0.25) is 4.79 Å². The Labute approximate surface area is 190 Å². The van der Waals surface area contributed by atoms with Crippen molar-refractivity contribution in [2.75, 3.05) is 23.7 Å². The normalized spacial score (nSPS) is 10.0. The van der Waals surface area contributed by atoms with E-state index in [2.05, 4.69) is 22.8 Å². The first-order valence-corrected chi connectivity index (χ1v) is 9.93. The quantitative estimate of drug-likeness (QED) is 0.239. The Morgan fingerprint density at radius 1 is 0.767 bits per heavy atom. The summed E-state index contributed by atoms with van der Waals surface area (Å²) in [6.45, 7) is 1.54. The fraction of sp³-hybridized carbons (Fsp3) is 0.364. The number of rotatable bonds is 13. The van der Waals surface area contributed by atoms with Crippen LogP contribution in [-0.4, -0.2) is 25.0 Å². The van der Waals surface area contributed by atoms with Gasteiger partial charge in [-0.15, -0.1) is 0 Å². The average Bonchev–Trinajstić information content (AvgIpc) is 2.74. The second-order valence-corrected chi connectivity index (χ2v) is 6.79. The predicted molar refractivity (Wildman–Crippen MR) is 113 cm³/mol. The molecule has 0 aromatic heterocycles. The molecule has 0 bridgehead atoms. The van der Waals surface area contributed by atoms with E-state index in [4.69, 9.17) is 0 Å². The van der Waals surface area contributed by atoms with E-state index in [0.29, 0.717) is 6.54 Å². The predicted octanol–water partition coefficient (Wildman–Crippen LogP) is 3.14. The van der Waals surface area contributed by atoms with Gasteiger partial charge in [-0.05, 0) is 37.1 Å². The van der Waals surface area contributed by atoms with Crippen LogP contribution >= 0.6 is 0 Å². The molecular weight excluding hydrogens is 436 g/mol. The third-order valence-electron chi connectivity index (χ3n) is 4.63. The fourth-order valence-electron chi connectivity index (χ4n) is 3.13. The van der Waals surface area contributed by atoms with Gasteiger partial charge < -0.3 is 31.2 Å². The van der Waals surface area contributed by atoms with Gasteiger partial charge in [0, 0.05) is 35.6 Å². The first kappa shape index (κ1) is 25.6. The second-order valence-electron chi connectivity index (χ2n) is 6.79. The molecule has 0 unspecified atom stereocenters. The van der Waals surface area contributed by atoms with Crippen LogP contribution in [0.5, 0.6) is 0 Å². The summed E-state index contributed by atoms with van der Waals surface area (Å²) in [4.78, 5) is 22.9. The Bertz CT molecular complexity index is 787. The topological polar surface area (TPSA) is 116 Å². The molecular formula is C22H27N3O4Zn. The number of hydrogen-bond donors (Lipinski definition) is 3. The largest absolute Gasteiger partial charge is 2.00 e. The van der Waals surface area contributed by atoms with Gasteiger partial charge in [0.05, 0.1) is 5.97 Å². The first-order valence-electron chi connectivity index (χ1n) is 9.93. The molecule has 0 saturated heterocycles. The van der Waals surface area contributed by atoms with Gasteiger partial charge in [0.1, 0.15) is 0 Å². The summed E-state index contributed by atoms with van der Waals surface area (Å²) in [5, 5.41) is 28.4. The summed E-state index contributed by atoms with van der Waals surface area (Å²) >= 11 is 0. The number of hydrogen-bond acceptors (Lipinski definition) is 6. The molecule has 0 fully saturated rings. The standard InChI is InChI=1S/C22H28N3O4.Zn/c26-21(25-29)18-13-10-14-19(20(18)22(27)28)24-16-9-4-2-1-3-8-15-23-17-11-6-5-7-12-17;/h5-7,10-14,23-24H,1-4,8-9,15-16H2,(H2-,25,26,27,28,29);/q-1;+2/p-1. The van der Waals surface area contributed by atoms with E-state index in [0.717, 1.165) is 50.8 Å². The Balaban J connectivity index is 0.00000450. The van der Waals surface area contributed by atoms with Crippen molar-refractivity contribution in [3.63, 3.8) is 0 Å². The number of anilines is 2. The third kappa shape index (κ3) is 8.51. The molecule has 30 heavy (non-hydrogen) atoms. The molecule has 0 aliphatic rings. The van der Waals surface area contributed by atoms with Crippen molar-refractivity contribution in [2.45, 2.75) is 38.5 Å². The van der Waals surface area contributed by atoms with Gasteiger partial charge in [-0.25, -0.2) is 0 Å². The zero-order valence-electron chi connectivity index (χ0n) is 17.1. The van der Waals surface area contributed by atoms with Crippen LogP contribution < -0.4 is 21.2 Å². The summed E-state index contributed by atoms with van der Waals surface area (Å²) in [5.41, 5.74) is 2.15. The smallest absolute Gasteiger partial charge is 0.759 e. The van der Waals surface area contributed by atoms with Crippen LogP contribution in [0, 0.1) is 5.21 Å². The van der Waals surface area contributed by atoms with Crippen molar-refractivity contribution in [1.29, 1.82) is 0 Å². The molecule has 156 valence electrons.